The second kappa shape index (κ2) is 4.10. The lowest BCUT2D eigenvalue weighted by atomic mass is 9.99. The van der Waals surface area contributed by atoms with Gasteiger partial charge in [-0.2, -0.15) is 0 Å². The molecule has 11 heavy (non-hydrogen) atoms. The topological polar surface area (TPSA) is 3.01 Å². The summed E-state index contributed by atoms with van der Waals surface area (Å²) in [6, 6.07) is 0. The predicted molar refractivity (Wildman–Crippen MR) is 42.7 cm³/mol. The summed E-state index contributed by atoms with van der Waals surface area (Å²) >= 11 is 0. The summed E-state index contributed by atoms with van der Waals surface area (Å²) in [6.45, 7) is 2.71. The zero-order chi connectivity index (χ0) is 6.81. The van der Waals surface area contributed by atoms with Crippen LogP contribution in [0.1, 0.15) is 38.5 Å². The van der Waals surface area contributed by atoms with E-state index >= 15 is 0 Å². The molecular formula is C9H16ClN. The molecule has 0 saturated heterocycles. The first-order chi connectivity index (χ1) is 4.97. The smallest absolute Gasteiger partial charge is 0.152 e. The van der Waals surface area contributed by atoms with E-state index in [4.69, 9.17) is 0 Å². The van der Waals surface area contributed by atoms with E-state index in [2.05, 4.69) is 4.58 Å². The Morgan fingerprint density at radius 1 is 0.818 bits per heavy atom. The van der Waals surface area contributed by atoms with Crippen LogP contribution >= 0.6 is 0 Å². The third kappa shape index (κ3) is 1.96. The first-order valence-electron chi connectivity index (χ1n) is 4.56. The molecule has 0 fully saturated rings. The monoisotopic (exact) mass is 173 g/mol. The fourth-order valence-corrected chi connectivity index (χ4v) is 2.13. The quantitative estimate of drug-likeness (QED) is 0.406. The number of rotatable bonds is 0. The molecule has 0 bridgehead atoms. The molecule has 0 N–H and O–H groups in total. The third-order valence-corrected chi connectivity index (χ3v) is 2.73. The zero-order valence-corrected chi connectivity index (χ0v) is 7.74. The van der Waals surface area contributed by atoms with Gasteiger partial charge in [0.2, 0.25) is 0 Å². The molecule has 0 saturated carbocycles. The Kier molecular flexibility index (Phi) is 3.38. The summed E-state index contributed by atoms with van der Waals surface area (Å²) in [5.41, 5.74) is 1.76. The standard InChI is InChI=1S/C9H16N.ClH/c1-3-7-10-8-4-2-6-9(10)5-1;/h1-8H2;1H/q+1;/p-1. The maximum absolute atomic E-state index is 2.62. The molecule has 2 heteroatoms. The Balaban J connectivity index is 0.000000605. The van der Waals surface area contributed by atoms with E-state index in [-0.39, 0.29) is 12.4 Å². The largest absolute Gasteiger partial charge is 1.00 e. The molecule has 2 aliphatic rings. The van der Waals surface area contributed by atoms with Crippen LogP contribution in [0.5, 0.6) is 0 Å². The minimum absolute atomic E-state index is 0. The van der Waals surface area contributed by atoms with Gasteiger partial charge in [-0.1, -0.05) is 0 Å². The minimum atomic E-state index is 0. The van der Waals surface area contributed by atoms with Crippen LogP contribution in [-0.2, 0) is 0 Å². The molecule has 0 aromatic carbocycles. The van der Waals surface area contributed by atoms with Crippen molar-refractivity contribution in [3.8, 4) is 0 Å². The van der Waals surface area contributed by atoms with Crippen molar-refractivity contribution in [1.82, 2.24) is 0 Å². The maximum Gasteiger partial charge on any atom is 0.152 e. The van der Waals surface area contributed by atoms with Gasteiger partial charge in [0.1, 0.15) is 13.1 Å². The molecule has 0 aromatic heterocycles. The van der Waals surface area contributed by atoms with Crippen molar-refractivity contribution in [2.75, 3.05) is 13.1 Å². The SMILES string of the molecule is C1CC[N+]2=C(C1)CCCC2.[Cl-]. The Hall–Kier alpha value is -0.0400. The molecule has 2 aliphatic heterocycles. The van der Waals surface area contributed by atoms with Gasteiger partial charge >= 0.3 is 0 Å². The number of hydrogen-bond donors (Lipinski definition) is 0. The molecule has 0 atom stereocenters. The second-order valence-corrected chi connectivity index (χ2v) is 3.47. The lowest BCUT2D eigenvalue weighted by Crippen LogP contribution is -3.00. The second-order valence-electron chi connectivity index (χ2n) is 3.47. The normalized spacial score (nSPS) is 24.0. The highest BCUT2D eigenvalue weighted by atomic mass is 35.5. The van der Waals surface area contributed by atoms with Crippen LogP contribution < -0.4 is 12.4 Å². The average Bonchev–Trinajstić information content (AvgIpc) is 2.05. The molecule has 0 spiro atoms. The van der Waals surface area contributed by atoms with E-state index in [0.717, 1.165) is 0 Å². The lowest BCUT2D eigenvalue weighted by molar-refractivity contribution is -0.538. The lowest BCUT2D eigenvalue weighted by Gasteiger charge is -2.18. The highest BCUT2D eigenvalue weighted by Crippen LogP contribution is 2.15. The summed E-state index contributed by atoms with van der Waals surface area (Å²) in [4.78, 5) is 0. The van der Waals surface area contributed by atoms with E-state index in [1.165, 1.54) is 51.6 Å². The fourth-order valence-electron chi connectivity index (χ4n) is 2.13. The van der Waals surface area contributed by atoms with Crippen molar-refractivity contribution in [1.29, 1.82) is 0 Å². The van der Waals surface area contributed by atoms with Gasteiger partial charge in [-0.25, -0.2) is 4.58 Å². The molecule has 1 nitrogen and oxygen atoms in total. The van der Waals surface area contributed by atoms with Crippen LogP contribution in [0, 0.1) is 0 Å². The van der Waals surface area contributed by atoms with Crippen LogP contribution in [-0.4, -0.2) is 23.4 Å². The molecule has 64 valence electrons. The van der Waals surface area contributed by atoms with Gasteiger partial charge in [-0.3, -0.25) is 0 Å². The first-order valence-corrected chi connectivity index (χ1v) is 4.56. The van der Waals surface area contributed by atoms with Crippen LogP contribution in [0.15, 0.2) is 0 Å². The summed E-state index contributed by atoms with van der Waals surface area (Å²) in [6.07, 6.45) is 8.57. The Labute approximate surface area is 74.9 Å². The highest BCUT2D eigenvalue weighted by Gasteiger charge is 2.21. The molecule has 0 amide bonds. The molecule has 0 unspecified atom stereocenters. The van der Waals surface area contributed by atoms with Gasteiger partial charge in [0.15, 0.2) is 5.71 Å². The molecular weight excluding hydrogens is 158 g/mol. The summed E-state index contributed by atoms with van der Waals surface area (Å²) in [5, 5.41) is 0. The maximum atomic E-state index is 2.62. The Morgan fingerprint density at radius 3 is 1.82 bits per heavy atom. The van der Waals surface area contributed by atoms with Crippen LogP contribution in [0.4, 0.5) is 0 Å². The number of nitrogens with zero attached hydrogens (tertiary/aromatic N) is 1. The van der Waals surface area contributed by atoms with Crippen molar-refractivity contribution in [2.24, 2.45) is 0 Å². The molecule has 0 aromatic rings. The fraction of sp³-hybridized carbons (Fsp3) is 0.889. The van der Waals surface area contributed by atoms with E-state index in [9.17, 15) is 0 Å². The highest BCUT2D eigenvalue weighted by molar-refractivity contribution is 5.80. The van der Waals surface area contributed by atoms with Crippen molar-refractivity contribution in [3.05, 3.63) is 0 Å². The van der Waals surface area contributed by atoms with Gasteiger partial charge < -0.3 is 12.4 Å². The van der Waals surface area contributed by atoms with Gasteiger partial charge in [-0.05, 0) is 12.8 Å². The summed E-state index contributed by atoms with van der Waals surface area (Å²) < 4.78 is 2.62. The first kappa shape index (κ1) is 9.05. The predicted octanol–water partition coefficient (Wildman–Crippen LogP) is -1.19. The Bertz CT molecular complexity index is 129. The molecule has 2 heterocycles. The van der Waals surface area contributed by atoms with E-state index < -0.39 is 0 Å². The van der Waals surface area contributed by atoms with Crippen LogP contribution in [0.2, 0.25) is 0 Å². The van der Waals surface area contributed by atoms with Crippen LogP contribution in [0.25, 0.3) is 0 Å². The molecule has 0 aliphatic carbocycles. The van der Waals surface area contributed by atoms with Crippen LogP contribution in [0.3, 0.4) is 0 Å². The van der Waals surface area contributed by atoms with Gasteiger partial charge in [0.25, 0.3) is 0 Å². The number of halogens is 1. The van der Waals surface area contributed by atoms with Crippen molar-refractivity contribution >= 4 is 5.71 Å². The average molecular weight is 174 g/mol. The summed E-state index contributed by atoms with van der Waals surface area (Å²) in [7, 11) is 0. The minimum Gasteiger partial charge on any atom is -1.00 e. The number of hydrogen-bond acceptors (Lipinski definition) is 0. The zero-order valence-electron chi connectivity index (χ0n) is 6.98. The Morgan fingerprint density at radius 2 is 1.36 bits per heavy atom. The van der Waals surface area contributed by atoms with Crippen molar-refractivity contribution < 1.29 is 17.0 Å². The van der Waals surface area contributed by atoms with Gasteiger partial charge in [-0.15, -0.1) is 0 Å². The summed E-state index contributed by atoms with van der Waals surface area (Å²) in [5.74, 6) is 0. The van der Waals surface area contributed by atoms with Gasteiger partial charge in [0, 0.05) is 25.7 Å². The van der Waals surface area contributed by atoms with E-state index in [0.29, 0.717) is 0 Å². The van der Waals surface area contributed by atoms with Gasteiger partial charge in [0.05, 0.1) is 0 Å². The van der Waals surface area contributed by atoms with E-state index in [1.54, 1.807) is 5.71 Å². The van der Waals surface area contributed by atoms with Crippen molar-refractivity contribution in [3.63, 3.8) is 0 Å². The molecule has 0 radical (unpaired) electrons. The van der Waals surface area contributed by atoms with E-state index in [1.807, 2.05) is 0 Å². The van der Waals surface area contributed by atoms with Crippen molar-refractivity contribution in [2.45, 2.75) is 38.5 Å². The third-order valence-electron chi connectivity index (χ3n) is 2.73. The molecule has 2 rings (SSSR count).